The molecule has 0 aromatic heterocycles. The number of rotatable bonds is 36. The highest BCUT2D eigenvalue weighted by molar-refractivity contribution is 5.69. The van der Waals surface area contributed by atoms with Crippen LogP contribution in [0.3, 0.4) is 0 Å². The van der Waals surface area contributed by atoms with Crippen molar-refractivity contribution in [3.63, 3.8) is 0 Å². The molecule has 0 radical (unpaired) electrons. The van der Waals surface area contributed by atoms with Crippen LogP contribution in [0.4, 0.5) is 0 Å². The van der Waals surface area contributed by atoms with Crippen LogP contribution < -0.4 is 0 Å². The molecule has 0 rings (SSSR count). The molecular formula is C40H76O4. The Morgan fingerprint density at radius 3 is 1.45 bits per heavy atom. The van der Waals surface area contributed by atoms with Crippen molar-refractivity contribution in [2.45, 2.75) is 206 Å². The number of carbonyl (C=O) groups is 1. The molecule has 0 aromatic rings. The van der Waals surface area contributed by atoms with Crippen LogP contribution in [0, 0.1) is 0 Å². The van der Waals surface area contributed by atoms with Crippen LogP contribution in [0.25, 0.3) is 0 Å². The third kappa shape index (κ3) is 35.4. The van der Waals surface area contributed by atoms with Gasteiger partial charge in [0, 0.05) is 13.0 Å². The number of hydrogen-bond acceptors (Lipinski definition) is 4. The van der Waals surface area contributed by atoms with Gasteiger partial charge in [0.1, 0.15) is 6.10 Å². The molecule has 0 fully saturated rings. The molecule has 44 heavy (non-hydrogen) atoms. The lowest BCUT2D eigenvalue weighted by Gasteiger charge is -2.16. The molecule has 4 heteroatoms. The molecule has 0 amide bonds. The molecule has 4 nitrogen and oxygen atoms in total. The maximum atomic E-state index is 12.2. The first-order valence-electron chi connectivity index (χ1n) is 19.4. The highest BCUT2D eigenvalue weighted by Gasteiger charge is 2.13. The van der Waals surface area contributed by atoms with Crippen LogP contribution >= 0.6 is 0 Å². The van der Waals surface area contributed by atoms with Crippen molar-refractivity contribution in [2.24, 2.45) is 0 Å². The van der Waals surface area contributed by atoms with Crippen molar-refractivity contribution < 1.29 is 19.4 Å². The van der Waals surface area contributed by atoms with Gasteiger partial charge in [-0.25, -0.2) is 0 Å². The fourth-order valence-electron chi connectivity index (χ4n) is 5.59. The maximum Gasteiger partial charge on any atom is 0.306 e. The Bertz CT molecular complexity index is 614. The first-order chi connectivity index (χ1) is 21.7. The maximum absolute atomic E-state index is 12.2. The van der Waals surface area contributed by atoms with E-state index >= 15 is 0 Å². The fourth-order valence-corrected chi connectivity index (χ4v) is 5.59. The van der Waals surface area contributed by atoms with Crippen LogP contribution in [0.15, 0.2) is 24.3 Å². The van der Waals surface area contributed by atoms with Gasteiger partial charge in [0.05, 0.1) is 13.2 Å². The number of carbonyl (C=O) groups excluding carboxylic acids is 1. The average molecular weight is 621 g/mol. The lowest BCUT2D eigenvalue weighted by atomic mass is 10.0. The SMILES string of the molecule is CCCCC/C=C\C/C=C\CCCCCCCCCC(=O)OC(CO)COCCCCCCCCCCCCCCCCC. The molecule has 0 aliphatic rings. The lowest BCUT2D eigenvalue weighted by molar-refractivity contribution is -0.154. The van der Waals surface area contributed by atoms with Gasteiger partial charge >= 0.3 is 5.97 Å². The summed E-state index contributed by atoms with van der Waals surface area (Å²) in [5, 5.41) is 9.57. The van der Waals surface area contributed by atoms with Crippen molar-refractivity contribution >= 4 is 5.97 Å². The third-order valence-corrected chi connectivity index (χ3v) is 8.53. The van der Waals surface area contributed by atoms with Gasteiger partial charge in [-0.1, -0.05) is 173 Å². The number of esters is 1. The topological polar surface area (TPSA) is 55.8 Å². The summed E-state index contributed by atoms with van der Waals surface area (Å²) in [5.41, 5.74) is 0. The Kier molecular flexibility index (Phi) is 37.1. The highest BCUT2D eigenvalue weighted by atomic mass is 16.6. The van der Waals surface area contributed by atoms with E-state index in [1.165, 1.54) is 154 Å². The first-order valence-corrected chi connectivity index (χ1v) is 19.4. The standard InChI is InChI=1S/C40H76O4/c1-3-5-7-9-11-13-15-17-19-20-21-23-25-27-29-31-33-35-40(42)44-39(37-41)38-43-36-34-32-30-28-26-24-22-18-16-14-12-10-8-6-4-2/h11,13,17,19,39,41H,3-10,12,14-16,18,20-38H2,1-2H3/b13-11-,19-17-. The lowest BCUT2D eigenvalue weighted by Crippen LogP contribution is -2.27. The second-order valence-electron chi connectivity index (χ2n) is 13.0. The number of aliphatic hydroxyl groups excluding tert-OH is 1. The Labute approximate surface area is 275 Å². The van der Waals surface area contributed by atoms with Crippen molar-refractivity contribution in [2.75, 3.05) is 19.8 Å². The Morgan fingerprint density at radius 1 is 0.545 bits per heavy atom. The summed E-state index contributed by atoms with van der Waals surface area (Å²) < 4.78 is 11.1. The van der Waals surface area contributed by atoms with Gasteiger partial charge in [-0.05, 0) is 44.9 Å². The fraction of sp³-hybridized carbons (Fsp3) is 0.875. The highest BCUT2D eigenvalue weighted by Crippen LogP contribution is 2.14. The predicted molar refractivity (Wildman–Crippen MR) is 191 cm³/mol. The van der Waals surface area contributed by atoms with Crippen molar-refractivity contribution in [3.8, 4) is 0 Å². The van der Waals surface area contributed by atoms with Gasteiger partial charge in [0.25, 0.3) is 0 Å². The van der Waals surface area contributed by atoms with E-state index in [0.29, 0.717) is 19.6 Å². The van der Waals surface area contributed by atoms with Crippen LogP contribution in [-0.4, -0.2) is 37.0 Å². The molecule has 0 spiro atoms. The average Bonchev–Trinajstić information content (AvgIpc) is 3.03. The van der Waals surface area contributed by atoms with E-state index in [4.69, 9.17) is 9.47 Å². The van der Waals surface area contributed by atoms with E-state index in [-0.39, 0.29) is 12.6 Å². The summed E-state index contributed by atoms with van der Waals surface area (Å²) in [7, 11) is 0. The van der Waals surface area contributed by atoms with Gasteiger partial charge in [0.15, 0.2) is 0 Å². The minimum Gasteiger partial charge on any atom is -0.457 e. The number of allylic oxidation sites excluding steroid dienone is 4. The zero-order chi connectivity index (χ0) is 32.0. The van der Waals surface area contributed by atoms with Crippen LogP contribution in [0.2, 0.25) is 0 Å². The zero-order valence-corrected chi connectivity index (χ0v) is 29.7. The van der Waals surface area contributed by atoms with Crippen molar-refractivity contribution in [3.05, 3.63) is 24.3 Å². The first kappa shape index (κ1) is 42.9. The second kappa shape index (κ2) is 38.1. The van der Waals surface area contributed by atoms with E-state index in [1.807, 2.05) is 0 Å². The Morgan fingerprint density at radius 2 is 0.955 bits per heavy atom. The molecule has 1 unspecified atom stereocenters. The second-order valence-corrected chi connectivity index (χ2v) is 13.0. The smallest absolute Gasteiger partial charge is 0.306 e. The number of unbranched alkanes of at least 4 members (excludes halogenated alkanes) is 24. The summed E-state index contributed by atoms with van der Waals surface area (Å²) in [5.74, 6) is -0.206. The predicted octanol–water partition coefficient (Wildman–Crippen LogP) is 12.4. The molecule has 1 N–H and O–H groups in total. The molecule has 260 valence electrons. The van der Waals surface area contributed by atoms with Crippen molar-refractivity contribution in [1.29, 1.82) is 0 Å². The van der Waals surface area contributed by atoms with E-state index in [0.717, 1.165) is 25.7 Å². The summed E-state index contributed by atoms with van der Waals surface area (Å²) >= 11 is 0. The molecule has 0 aromatic carbocycles. The van der Waals surface area contributed by atoms with E-state index in [9.17, 15) is 9.90 Å². The third-order valence-electron chi connectivity index (χ3n) is 8.53. The number of ether oxygens (including phenoxy) is 2. The van der Waals surface area contributed by atoms with E-state index in [2.05, 4.69) is 38.2 Å². The van der Waals surface area contributed by atoms with Crippen LogP contribution in [0.1, 0.15) is 200 Å². The summed E-state index contributed by atoms with van der Waals surface area (Å²) in [6.07, 6.45) is 45.0. The normalized spacial score (nSPS) is 12.5. The molecule has 1 atom stereocenters. The number of aliphatic hydroxyl groups is 1. The van der Waals surface area contributed by atoms with E-state index < -0.39 is 6.10 Å². The zero-order valence-electron chi connectivity index (χ0n) is 29.7. The van der Waals surface area contributed by atoms with Crippen LogP contribution in [0.5, 0.6) is 0 Å². The van der Waals surface area contributed by atoms with Gasteiger partial charge in [0.2, 0.25) is 0 Å². The molecule has 0 bridgehead atoms. The summed E-state index contributed by atoms with van der Waals surface area (Å²) in [4.78, 5) is 12.2. The van der Waals surface area contributed by atoms with Gasteiger partial charge < -0.3 is 14.6 Å². The minimum absolute atomic E-state index is 0.171. The van der Waals surface area contributed by atoms with Crippen molar-refractivity contribution in [1.82, 2.24) is 0 Å². The van der Waals surface area contributed by atoms with E-state index in [1.54, 1.807) is 0 Å². The molecule has 0 saturated carbocycles. The molecule has 0 saturated heterocycles. The molecule has 0 heterocycles. The molecule has 0 aliphatic carbocycles. The van der Waals surface area contributed by atoms with Gasteiger partial charge in [-0.3, -0.25) is 4.79 Å². The Balaban J connectivity index is 3.43. The Hall–Kier alpha value is -1.13. The number of hydrogen-bond donors (Lipinski definition) is 1. The quantitative estimate of drug-likeness (QED) is 0.0430. The molecule has 0 aliphatic heterocycles. The van der Waals surface area contributed by atoms with Crippen LogP contribution in [-0.2, 0) is 14.3 Å². The van der Waals surface area contributed by atoms with Gasteiger partial charge in [-0.2, -0.15) is 0 Å². The summed E-state index contributed by atoms with van der Waals surface area (Å²) in [6, 6.07) is 0. The monoisotopic (exact) mass is 621 g/mol. The largest absolute Gasteiger partial charge is 0.457 e. The minimum atomic E-state index is -0.533. The molecular weight excluding hydrogens is 544 g/mol. The summed E-state index contributed by atoms with van der Waals surface area (Å²) in [6.45, 7) is 5.34. The van der Waals surface area contributed by atoms with Gasteiger partial charge in [-0.15, -0.1) is 0 Å².